The van der Waals surface area contributed by atoms with Crippen LogP contribution in [0.2, 0.25) is 0 Å². The van der Waals surface area contributed by atoms with E-state index in [0.29, 0.717) is 36.2 Å². The van der Waals surface area contributed by atoms with Gasteiger partial charge in [0.15, 0.2) is 23.1 Å². The minimum Gasteiger partial charge on any atom is -0.486 e. The van der Waals surface area contributed by atoms with Gasteiger partial charge < -0.3 is 14.8 Å². The monoisotopic (exact) mass is 382 g/mol. The highest BCUT2D eigenvalue weighted by Gasteiger charge is 2.17. The van der Waals surface area contributed by atoms with E-state index in [1.807, 2.05) is 19.1 Å². The molecule has 28 heavy (non-hydrogen) atoms. The number of rotatable bonds is 4. The smallest absolute Gasteiger partial charge is 0.162 e. The third-order valence-corrected chi connectivity index (χ3v) is 4.25. The lowest BCUT2D eigenvalue weighted by molar-refractivity contribution is 0.171. The van der Waals surface area contributed by atoms with E-state index in [0.717, 1.165) is 23.5 Å². The molecular weight excluding hydrogens is 366 g/mol. The van der Waals surface area contributed by atoms with Crippen LogP contribution in [0.4, 0.5) is 14.6 Å². The van der Waals surface area contributed by atoms with Crippen molar-refractivity contribution in [3.63, 3.8) is 0 Å². The van der Waals surface area contributed by atoms with Crippen LogP contribution in [0.5, 0.6) is 11.5 Å². The molecule has 0 spiro atoms. The first-order valence-corrected chi connectivity index (χ1v) is 8.51. The van der Waals surface area contributed by atoms with Crippen LogP contribution in [-0.4, -0.2) is 28.2 Å². The van der Waals surface area contributed by atoms with Crippen molar-refractivity contribution >= 4 is 11.5 Å². The van der Waals surface area contributed by atoms with Crippen LogP contribution in [-0.2, 0) is 0 Å². The minimum absolute atomic E-state index is 0.0231. The second kappa shape index (κ2) is 7.22. The number of nitrogens with zero attached hydrogens (tertiary/aromatic N) is 3. The van der Waals surface area contributed by atoms with Gasteiger partial charge in [-0.1, -0.05) is 6.58 Å². The SMILES string of the molecule is C=C(Nc1cnc(-c2cc3c(cc2C)OCCO3)cn1)c1c(F)cncc1F. The zero-order valence-corrected chi connectivity index (χ0v) is 15.0. The van der Waals surface area contributed by atoms with Gasteiger partial charge in [0.1, 0.15) is 19.0 Å². The first kappa shape index (κ1) is 17.8. The Labute approximate surface area is 159 Å². The van der Waals surface area contributed by atoms with Gasteiger partial charge in [-0.05, 0) is 24.6 Å². The molecule has 1 aliphatic rings. The quantitative estimate of drug-likeness (QED) is 0.736. The van der Waals surface area contributed by atoms with E-state index in [-0.39, 0.29) is 11.3 Å². The predicted molar refractivity (Wildman–Crippen MR) is 100 cm³/mol. The van der Waals surface area contributed by atoms with Gasteiger partial charge in [-0.2, -0.15) is 0 Å². The van der Waals surface area contributed by atoms with Gasteiger partial charge in [0.2, 0.25) is 0 Å². The Morgan fingerprint density at radius 3 is 2.32 bits per heavy atom. The summed E-state index contributed by atoms with van der Waals surface area (Å²) in [5, 5.41) is 2.76. The van der Waals surface area contributed by atoms with E-state index in [1.165, 1.54) is 6.20 Å². The molecule has 142 valence electrons. The summed E-state index contributed by atoms with van der Waals surface area (Å²) >= 11 is 0. The highest BCUT2D eigenvalue weighted by molar-refractivity contribution is 5.74. The van der Waals surface area contributed by atoms with Gasteiger partial charge in [-0.25, -0.2) is 13.8 Å². The summed E-state index contributed by atoms with van der Waals surface area (Å²) in [6, 6.07) is 3.76. The largest absolute Gasteiger partial charge is 0.486 e. The molecule has 0 bridgehead atoms. The molecular formula is C20H16F2N4O2. The molecule has 4 rings (SSSR count). The Bertz CT molecular complexity index is 1030. The van der Waals surface area contributed by atoms with Crippen molar-refractivity contribution in [2.45, 2.75) is 6.92 Å². The second-order valence-corrected chi connectivity index (χ2v) is 6.18. The molecule has 0 atom stereocenters. The lowest BCUT2D eigenvalue weighted by atomic mass is 10.0. The lowest BCUT2D eigenvalue weighted by Gasteiger charge is -2.20. The normalized spacial score (nSPS) is 12.5. The van der Waals surface area contributed by atoms with Gasteiger partial charge in [0, 0.05) is 11.3 Å². The Kier molecular flexibility index (Phi) is 4.60. The number of benzene rings is 1. The summed E-state index contributed by atoms with van der Waals surface area (Å²) in [5.74, 6) is 0.0480. The van der Waals surface area contributed by atoms with Crippen molar-refractivity contribution in [3.05, 3.63) is 66.3 Å². The number of fused-ring (bicyclic) bond motifs is 1. The maximum atomic E-state index is 13.8. The number of aryl methyl sites for hydroxylation is 1. The second-order valence-electron chi connectivity index (χ2n) is 6.18. The number of hydrogen-bond donors (Lipinski definition) is 1. The molecule has 0 aliphatic carbocycles. The zero-order valence-electron chi connectivity index (χ0n) is 15.0. The van der Waals surface area contributed by atoms with Crippen molar-refractivity contribution in [3.8, 4) is 22.8 Å². The van der Waals surface area contributed by atoms with E-state index >= 15 is 0 Å². The molecule has 0 amide bonds. The van der Waals surface area contributed by atoms with Crippen LogP contribution in [0.25, 0.3) is 17.0 Å². The average molecular weight is 382 g/mol. The first-order valence-electron chi connectivity index (χ1n) is 8.51. The number of hydrogen-bond acceptors (Lipinski definition) is 6. The fourth-order valence-electron chi connectivity index (χ4n) is 2.91. The highest BCUT2D eigenvalue weighted by Crippen LogP contribution is 2.36. The Morgan fingerprint density at radius 2 is 1.68 bits per heavy atom. The summed E-state index contributed by atoms with van der Waals surface area (Å²) in [6.07, 6.45) is 4.87. The zero-order chi connectivity index (χ0) is 19.7. The summed E-state index contributed by atoms with van der Waals surface area (Å²) < 4.78 is 38.8. The Morgan fingerprint density at radius 1 is 1.00 bits per heavy atom. The van der Waals surface area contributed by atoms with Gasteiger partial charge >= 0.3 is 0 Å². The standard InChI is InChI=1S/C20H16F2N4O2/c1-11-5-17-18(28-4-3-27-17)6-13(11)16-9-25-19(10-24-16)26-12(2)20-14(21)7-23-8-15(20)22/h5-10H,2-4H2,1H3,(H,25,26). The van der Waals surface area contributed by atoms with Crippen LogP contribution in [0.1, 0.15) is 11.1 Å². The van der Waals surface area contributed by atoms with Crippen molar-refractivity contribution < 1.29 is 18.3 Å². The van der Waals surface area contributed by atoms with Crippen LogP contribution in [0, 0.1) is 18.6 Å². The molecule has 0 fully saturated rings. The Balaban J connectivity index is 1.57. The van der Waals surface area contributed by atoms with E-state index < -0.39 is 11.6 Å². The molecule has 1 aliphatic heterocycles. The van der Waals surface area contributed by atoms with Gasteiger partial charge in [-0.15, -0.1) is 0 Å². The molecule has 0 saturated carbocycles. The summed E-state index contributed by atoms with van der Waals surface area (Å²) in [7, 11) is 0. The molecule has 3 aromatic rings. The first-order chi connectivity index (χ1) is 13.5. The number of halogens is 2. The number of nitrogens with one attached hydrogen (secondary N) is 1. The number of ether oxygens (including phenoxy) is 2. The van der Waals surface area contributed by atoms with Crippen molar-refractivity contribution in [2.24, 2.45) is 0 Å². The highest BCUT2D eigenvalue weighted by atomic mass is 19.1. The molecule has 1 aromatic carbocycles. The summed E-state index contributed by atoms with van der Waals surface area (Å²) in [5.41, 5.74) is 2.18. The Hall–Kier alpha value is -3.55. The van der Waals surface area contributed by atoms with E-state index in [2.05, 4.69) is 26.8 Å². The van der Waals surface area contributed by atoms with Gasteiger partial charge in [-0.3, -0.25) is 9.97 Å². The molecule has 6 nitrogen and oxygen atoms in total. The molecule has 0 saturated heterocycles. The lowest BCUT2D eigenvalue weighted by Crippen LogP contribution is -2.15. The van der Waals surface area contributed by atoms with Crippen LogP contribution in [0.15, 0.2) is 43.5 Å². The van der Waals surface area contributed by atoms with E-state index in [4.69, 9.17) is 9.47 Å². The summed E-state index contributed by atoms with van der Waals surface area (Å²) in [4.78, 5) is 12.1. The molecule has 1 N–H and O–H groups in total. The van der Waals surface area contributed by atoms with Crippen molar-refractivity contribution in [2.75, 3.05) is 18.5 Å². The fourth-order valence-corrected chi connectivity index (χ4v) is 2.91. The van der Waals surface area contributed by atoms with E-state index in [1.54, 1.807) is 6.20 Å². The van der Waals surface area contributed by atoms with E-state index in [9.17, 15) is 8.78 Å². The minimum atomic E-state index is -0.811. The van der Waals surface area contributed by atoms with Crippen LogP contribution in [0.3, 0.4) is 0 Å². The van der Waals surface area contributed by atoms with Crippen LogP contribution < -0.4 is 14.8 Å². The average Bonchev–Trinajstić information content (AvgIpc) is 2.68. The predicted octanol–water partition coefficient (Wildman–Crippen LogP) is 3.98. The number of anilines is 1. The van der Waals surface area contributed by atoms with Gasteiger partial charge in [0.25, 0.3) is 0 Å². The summed E-state index contributed by atoms with van der Waals surface area (Å²) in [6.45, 7) is 6.63. The maximum Gasteiger partial charge on any atom is 0.162 e. The third kappa shape index (κ3) is 3.36. The molecule has 0 unspecified atom stereocenters. The molecule has 8 heteroatoms. The number of aromatic nitrogens is 3. The van der Waals surface area contributed by atoms with Gasteiger partial charge in [0.05, 0.1) is 36.0 Å². The van der Waals surface area contributed by atoms with Crippen LogP contribution >= 0.6 is 0 Å². The third-order valence-electron chi connectivity index (χ3n) is 4.25. The number of pyridine rings is 1. The fraction of sp³-hybridized carbons (Fsp3) is 0.150. The van der Waals surface area contributed by atoms with Crippen molar-refractivity contribution in [1.29, 1.82) is 0 Å². The molecule has 3 heterocycles. The molecule has 2 aromatic heterocycles. The van der Waals surface area contributed by atoms with Crippen molar-refractivity contribution in [1.82, 2.24) is 15.0 Å². The molecule has 0 radical (unpaired) electrons. The topological polar surface area (TPSA) is 69.2 Å². The maximum absolute atomic E-state index is 13.8.